The Balaban J connectivity index is 1.56. The normalized spacial score (nSPS) is 11.1. The Hall–Kier alpha value is -3.91. The first-order valence-electron chi connectivity index (χ1n) is 9.48. The van der Waals surface area contributed by atoms with E-state index in [4.69, 9.17) is 0 Å². The summed E-state index contributed by atoms with van der Waals surface area (Å²) in [5.41, 5.74) is 1.46. The number of halogens is 1. The van der Waals surface area contributed by atoms with Crippen LogP contribution in [-0.2, 0) is 6.54 Å². The van der Waals surface area contributed by atoms with Crippen LogP contribution >= 0.6 is 11.3 Å². The van der Waals surface area contributed by atoms with Gasteiger partial charge in [-0.2, -0.15) is 0 Å². The van der Waals surface area contributed by atoms with Crippen LogP contribution in [-0.4, -0.2) is 20.4 Å². The fraction of sp³-hybridized carbons (Fsp3) is 0.0435. The van der Waals surface area contributed by atoms with Crippen molar-refractivity contribution in [2.75, 3.05) is 5.32 Å². The maximum atomic E-state index is 13.3. The number of carbonyl (C=O) groups excluding carboxylic acids is 1. The van der Waals surface area contributed by atoms with E-state index in [1.54, 1.807) is 30.5 Å². The van der Waals surface area contributed by atoms with Gasteiger partial charge in [0.05, 0.1) is 16.8 Å². The molecule has 0 aliphatic rings. The average Bonchev–Trinajstić information content (AvgIpc) is 3.19. The summed E-state index contributed by atoms with van der Waals surface area (Å²) in [6, 6.07) is 18.5. The summed E-state index contributed by atoms with van der Waals surface area (Å²) in [4.78, 5) is 34.9. The molecule has 5 rings (SSSR count). The van der Waals surface area contributed by atoms with Crippen LogP contribution in [0.15, 0.2) is 77.7 Å². The number of thiazole rings is 1. The lowest BCUT2D eigenvalue weighted by molar-refractivity contribution is 0.102. The number of nitrogens with one attached hydrogen (secondary N) is 1. The first kappa shape index (κ1) is 19.1. The molecule has 2 aromatic carbocycles. The van der Waals surface area contributed by atoms with Gasteiger partial charge in [0, 0.05) is 11.6 Å². The van der Waals surface area contributed by atoms with Crippen LogP contribution in [0.2, 0.25) is 0 Å². The number of para-hydroxylation sites is 1. The topological polar surface area (TPSA) is 76.9 Å². The molecule has 5 aromatic rings. The number of hydrogen-bond donors (Lipinski definition) is 1. The number of fused-ring (bicyclic) bond motifs is 2. The first-order chi connectivity index (χ1) is 15.1. The first-order valence-corrected chi connectivity index (χ1v) is 10.3. The molecule has 3 aromatic heterocycles. The van der Waals surface area contributed by atoms with Gasteiger partial charge in [-0.3, -0.25) is 19.5 Å². The van der Waals surface area contributed by atoms with E-state index in [-0.39, 0.29) is 17.9 Å². The second kappa shape index (κ2) is 7.73. The maximum absolute atomic E-state index is 13.3. The van der Waals surface area contributed by atoms with Crippen LogP contribution in [0.4, 0.5) is 9.52 Å². The Labute approximate surface area is 179 Å². The molecule has 0 atom stereocenters. The van der Waals surface area contributed by atoms with E-state index in [0.29, 0.717) is 16.2 Å². The van der Waals surface area contributed by atoms with Gasteiger partial charge in [0.15, 0.2) is 5.13 Å². The van der Waals surface area contributed by atoms with Crippen molar-refractivity contribution in [3.8, 4) is 0 Å². The third-order valence-corrected chi connectivity index (χ3v) is 5.81. The lowest BCUT2D eigenvalue weighted by Gasteiger charge is -2.12. The fourth-order valence-corrected chi connectivity index (χ4v) is 4.24. The zero-order chi connectivity index (χ0) is 21.4. The largest absolute Gasteiger partial charge is 0.298 e. The van der Waals surface area contributed by atoms with Crippen molar-refractivity contribution in [1.82, 2.24) is 14.5 Å². The summed E-state index contributed by atoms with van der Waals surface area (Å²) >= 11 is 1.34. The Kier molecular flexibility index (Phi) is 4.76. The molecular weight excluding hydrogens is 415 g/mol. The SMILES string of the molecule is O=C(Nc1nc2ccccc2s1)c1cc2cccnc2n(Cc2ccc(F)cc2)c1=O. The van der Waals surface area contributed by atoms with Gasteiger partial charge >= 0.3 is 0 Å². The van der Waals surface area contributed by atoms with Gasteiger partial charge < -0.3 is 0 Å². The quantitative estimate of drug-likeness (QED) is 0.457. The number of nitrogens with zero attached hydrogens (tertiary/aromatic N) is 3. The molecule has 152 valence electrons. The monoisotopic (exact) mass is 430 g/mol. The average molecular weight is 430 g/mol. The van der Waals surface area contributed by atoms with Gasteiger partial charge in [-0.15, -0.1) is 0 Å². The van der Waals surface area contributed by atoms with Crippen molar-refractivity contribution in [2.45, 2.75) is 6.54 Å². The van der Waals surface area contributed by atoms with Gasteiger partial charge in [0.2, 0.25) is 0 Å². The molecule has 0 bridgehead atoms. The molecule has 0 radical (unpaired) electrons. The van der Waals surface area contributed by atoms with Gasteiger partial charge in [0.1, 0.15) is 17.0 Å². The van der Waals surface area contributed by atoms with Crippen LogP contribution in [0.1, 0.15) is 15.9 Å². The molecule has 0 saturated carbocycles. The zero-order valence-electron chi connectivity index (χ0n) is 16.1. The fourth-order valence-electron chi connectivity index (χ4n) is 3.38. The minimum absolute atomic E-state index is 0.0122. The molecule has 3 heterocycles. The van der Waals surface area contributed by atoms with E-state index in [9.17, 15) is 14.0 Å². The molecule has 31 heavy (non-hydrogen) atoms. The minimum Gasteiger partial charge on any atom is -0.298 e. The molecule has 6 nitrogen and oxygen atoms in total. The molecule has 1 amide bonds. The third-order valence-electron chi connectivity index (χ3n) is 4.86. The summed E-state index contributed by atoms with van der Waals surface area (Å²) < 4.78 is 15.6. The molecule has 0 fully saturated rings. The predicted molar refractivity (Wildman–Crippen MR) is 119 cm³/mol. The van der Waals surface area contributed by atoms with Crippen LogP contribution in [0.25, 0.3) is 21.3 Å². The minimum atomic E-state index is -0.539. The smallest absolute Gasteiger partial charge is 0.265 e. The van der Waals surface area contributed by atoms with Gasteiger partial charge in [0.25, 0.3) is 11.5 Å². The Morgan fingerprint density at radius 2 is 1.87 bits per heavy atom. The molecule has 0 aliphatic heterocycles. The van der Waals surface area contributed by atoms with Crippen molar-refractivity contribution in [3.63, 3.8) is 0 Å². The van der Waals surface area contributed by atoms with E-state index in [0.717, 1.165) is 15.8 Å². The molecule has 0 saturated heterocycles. The lowest BCUT2D eigenvalue weighted by Crippen LogP contribution is -2.30. The maximum Gasteiger partial charge on any atom is 0.265 e. The number of benzene rings is 2. The van der Waals surface area contributed by atoms with Crippen molar-refractivity contribution in [2.24, 2.45) is 0 Å². The van der Waals surface area contributed by atoms with E-state index in [1.165, 1.54) is 34.1 Å². The van der Waals surface area contributed by atoms with E-state index >= 15 is 0 Å². The molecule has 0 unspecified atom stereocenters. The van der Waals surface area contributed by atoms with Crippen molar-refractivity contribution in [1.29, 1.82) is 0 Å². The number of aromatic nitrogens is 3. The van der Waals surface area contributed by atoms with Crippen LogP contribution in [0.5, 0.6) is 0 Å². The number of amides is 1. The summed E-state index contributed by atoms with van der Waals surface area (Å²) in [5.74, 6) is -0.897. The molecule has 0 spiro atoms. The summed E-state index contributed by atoms with van der Waals surface area (Å²) in [6.07, 6.45) is 1.59. The van der Waals surface area contributed by atoms with E-state index in [2.05, 4.69) is 15.3 Å². The van der Waals surface area contributed by atoms with Crippen molar-refractivity contribution < 1.29 is 9.18 Å². The number of rotatable bonds is 4. The Morgan fingerprint density at radius 1 is 1.06 bits per heavy atom. The highest BCUT2D eigenvalue weighted by Crippen LogP contribution is 2.25. The second-order valence-electron chi connectivity index (χ2n) is 6.93. The summed E-state index contributed by atoms with van der Waals surface area (Å²) in [6.45, 7) is 0.162. The highest BCUT2D eigenvalue weighted by Gasteiger charge is 2.18. The highest BCUT2D eigenvalue weighted by molar-refractivity contribution is 7.22. The number of anilines is 1. The van der Waals surface area contributed by atoms with Crippen LogP contribution in [0.3, 0.4) is 0 Å². The van der Waals surface area contributed by atoms with E-state index in [1.807, 2.05) is 24.3 Å². The van der Waals surface area contributed by atoms with Crippen LogP contribution < -0.4 is 10.9 Å². The number of carbonyl (C=O) groups is 1. The van der Waals surface area contributed by atoms with Gasteiger partial charge in [-0.25, -0.2) is 14.4 Å². The zero-order valence-corrected chi connectivity index (χ0v) is 16.9. The molecule has 1 N–H and O–H groups in total. The third kappa shape index (κ3) is 3.69. The van der Waals surface area contributed by atoms with Crippen LogP contribution in [0, 0.1) is 5.82 Å². The Bertz CT molecular complexity index is 1460. The molecule has 8 heteroatoms. The van der Waals surface area contributed by atoms with Crippen molar-refractivity contribution in [3.05, 3.63) is 100 Å². The number of hydrogen-bond acceptors (Lipinski definition) is 5. The predicted octanol–water partition coefficient (Wildman–Crippen LogP) is 4.45. The van der Waals surface area contributed by atoms with Gasteiger partial charge in [-0.1, -0.05) is 35.6 Å². The van der Waals surface area contributed by atoms with Crippen molar-refractivity contribution >= 4 is 43.6 Å². The summed E-state index contributed by atoms with van der Waals surface area (Å²) in [7, 11) is 0. The van der Waals surface area contributed by atoms with E-state index < -0.39 is 11.5 Å². The molecule has 0 aliphatic carbocycles. The molecular formula is C23H15FN4O2S. The second-order valence-corrected chi connectivity index (χ2v) is 7.96. The highest BCUT2D eigenvalue weighted by atomic mass is 32.1. The lowest BCUT2D eigenvalue weighted by atomic mass is 10.1. The van der Waals surface area contributed by atoms with Gasteiger partial charge in [-0.05, 0) is 48.0 Å². The standard InChI is InChI=1S/C23H15FN4O2S/c24-16-9-7-14(8-10-16)13-28-20-15(4-3-11-25-20)12-17(22(28)30)21(29)27-23-26-18-5-1-2-6-19(18)31-23/h1-12H,13H2,(H,26,27,29). The summed E-state index contributed by atoms with van der Waals surface area (Å²) in [5, 5.41) is 3.81. The Morgan fingerprint density at radius 3 is 2.68 bits per heavy atom. The number of pyridine rings is 2.